The highest BCUT2D eigenvalue weighted by molar-refractivity contribution is 5.80. The number of aromatic nitrogens is 4. The fourth-order valence-electron chi connectivity index (χ4n) is 5.78. The maximum atomic E-state index is 5.27. The van der Waals surface area contributed by atoms with E-state index >= 15 is 0 Å². The van der Waals surface area contributed by atoms with Gasteiger partial charge in [0.15, 0.2) is 11.5 Å². The number of aromatic amines is 2. The fourth-order valence-corrected chi connectivity index (χ4v) is 5.78. The van der Waals surface area contributed by atoms with Gasteiger partial charge in [-0.3, -0.25) is 10.1 Å². The van der Waals surface area contributed by atoms with E-state index in [0.29, 0.717) is 30.5 Å². The van der Waals surface area contributed by atoms with Crippen LogP contribution < -0.4 is 9.47 Å². The molecule has 8 rings (SSSR count). The molecule has 0 saturated heterocycles. The van der Waals surface area contributed by atoms with Crippen LogP contribution in [0.25, 0.3) is 21.8 Å². The molecular formula is C43H56N4O2. The van der Waals surface area contributed by atoms with Crippen LogP contribution in [-0.4, -0.2) is 27.0 Å². The topological polar surface area (TPSA) is 75.8 Å². The lowest BCUT2D eigenvalue weighted by molar-refractivity contribution is 0.174. The quantitative estimate of drug-likeness (QED) is 0.197. The minimum absolute atomic E-state index is 0. The highest BCUT2D eigenvalue weighted by Gasteiger charge is 2.14. The number of ether oxygens (including phenoxy) is 2. The van der Waals surface area contributed by atoms with Gasteiger partial charge in [-0.2, -0.15) is 5.10 Å². The van der Waals surface area contributed by atoms with Crippen LogP contribution in [0.2, 0.25) is 0 Å². The van der Waals surface area contributed by atoms with Gasteiger partial charge in [-0.1, -0.05) is 93.1 Å². The summed E-state index contributed by atoms with van der Waals surface area (Å²) in [4.78, 5) is 7.67. The third-order valence-electron chi connectivity index (χ3n) is 9.05. The van der Waals surface area contributed by atoms with Crippen molar-refractivity contribution in [1.82, 2.24) is 20.2 Å². The van der Waals surface area contributed by atoms with E-state index in [1.54, 1.807) is 0 Å². The third-order valence-corrected chi connectivity index (χ3v) is 9.05. The van der Waals surface area contributed by atoms with E-state index in [1.807, 2.05) is 30.7 Å². The molecular weight excluding hydrogens is 604 g/mol. The molecule has 4 heterocycles. The van der Waals surface area contributed by atoms with Crippen LogP contribution >= 0.6 is 0 Å². The summed E-state index contributed by atoms with van der Waals surface area (Å²) in [5.74, 6) is 4.09. The Morgan fingerprint density at radius 1 is 0.592 bits per heavy atom. The number of nitrogens with zero attached hydrogens (tertiary/aromatic N) is 2. The summed E-state index contributed by atoms with van der Waals surface area (Å²) >= 11 is 0. The molecule has 0 amide bonds. The van der Waals surface area contributed by atoms with Gasteiger partial charge < -0.3 is 14.5 Å². The van der Waals surface area contributed by atoms with Gasteiger partial charge in [0.1, 0.15) is 0 Å². The molecule has 1 aliphatic heterocycles. The first-order chi connectivity index (χ1) is 23.1. The summed E-state index contributed by atoms with van der Waals surface area (Å²) in [6, 6.07) is 23.5. The third kappa shape index (κ3) is 9.75. The van der Waals surface area contributed by atoms with Gasteiger partial charge in [0, 0.05) is 29.0 Å². The van der Waals surface area contributed by atoms with Gasteiger partial charge in [0.25, 0.3) is 0 Å². The van der Waals surface area contributed by atoms with E-state index in [4.69, 9.17) is 9.47 Å². The predicted molar refractivity (Wildman–Crippen MR) is 206 cm³/mol. The molecule has 260 valence electrons. The zero-order valence-corrected chi connectivity index (χ0v) is 29.9. The van der Waals surface area contributed by atoms with Crippen LogP contribution in [0.1, 0.15) is 126 Å². The second kappa shape index (κ2) is 17.2. The number of pyridine rings is 1. The standard InChI is InChI=1S/C11H13N.C11H15N.C10H12N2.C10H12O2.CH4/c1-8(2)9-3-4-11-10(7-9)5-6-12-11;1-8(2)10-6-9-4-3-5-11(9)12-7-10;1-7(2)8-3-4-9-6-11-12-10(9)5-8;1-7(2)8-3-4-9-10(5-8)12-6-11-9;/h3-8,12H,1-2H3;6-8H,3-5H2,1-2H3;3-7H,1-2H3,(H,11,12);3-5,7H,6H2,1-2H3;1H4. The first kappa shape index (κ1) is 37.2. The number of fused-ring (bicyclic) bond motifs is 4. The zero-order valence-electron chi connectivity index (χ0n) is 29.9. The summed E-state index contributed by atoms with van der Waals surface area (Å²) in [5.41, 5.74) is 10.6. The minimum atomic E-state index is 0. The Labute approximate surface area is 293 Å². The van der Waals surface area contributed by atoms with Gasteiger partial charge in [0.2, 0.25) is 6.79 Å². The second-order valence-electron chi connectivity index (χ2n) is 14.0. The molecule has 2 N–H and O–H groups in total. The monoisotopic (exact) mass is 660 g/mol. The molecule has 0 atom stereocenters. The molecule has 3 aromatic carbocycles. The smallest absolute Gasteiger partial charge is 0.231 e. The first-order valence-corrected chi connectivity index (χ1v) is 17.5. The van der Waals surface area contributed by atoms with Crippen LogP contribution in [-0.2, 0) is 12.8 Å². The molecule has 6 aromatic rings. The van der Waals surface area contributed by atoms with Crippen molar-refractivity contribution in [2.24, 2.45) is 0 Å². The Kier molecular flexibility index (Phi) is 13.1. The summed E-state index contributed by atoms with van der Waals surface area (Å²) in [7, 11) is 0. The van der Waals surface area contributed by atoms with Gasteiger partial charge in [-0.05, 0) is 113 Å². The van der Waals surface area contributed by atoms with Crippen LogP contribution in [0.5, 0.6) is 11.5 Å². The van der Waals surface area contributed by atoms with Crippen molar-refractivity contribution in [2.75, 3.05) is 6.79 Å². The van der Waals surface area contributed by atoms with Crippen LogP contribution in [0, 0.1) is 0 Å². The van der Waals surface area contributed by atoms with Crippen molar-refractivity contribution in [3.05, 3.63) is 119 Å². The van der Waals surface area contributed by atoms with Crippen molar-refractivity contribution < 1.29 is 9.47 Å². The van der Waals surface area contributed by atoms with E-state index in [1.165, 1.54) is 69.1 Å². The summed E-state index contributed by atoms with van der Waals surface area (Å²) in [5, 5.41) is 9.43. The van der Waals surface area contributed by atoms with Gasteiger partial charge in [-0.25, -0.2) is 0 Å². The summed E-state index contributed by atoms with van der Waals surface area (Å²) < 4.78 is 10.5. The van der Waals surface area contributed by atoms with Crippen LogP contribution in [0.3, 0.4) is 0 Å². The number of nitrogens with one attached hydrogen (secondary N) is 2. The Bertz CT molecular complexity index is 1770. The predicted octanol–water partition coefficient (Wildman–Crippen LogP) is 11.8. The Morgan fingerprint density at radius 2 is 1.24 bits per heavy atom. The molecule has 6 heteroatoms. The highest BCUT2D eigenvalue weighted by atomic mass is 16.7. The minimum Gasteiger partial charge on any atom is -0.454 e. The molecule has 6 nitrogen and oxygen atoms in total. The van der Waals surface area contributed by atoms with Gasteiger partial charge >= 0.3 is 0 Å². The first-order valence-electron chi connectivity index (χ1n) is 17.5. The van der Waals surface area contributed by atoms with E-state index in [0.717, 1.165) is 17.0 Å². The maximum absolute atomic E-state index is 5.27. The molecule has 2 aliphatic rings. The van der Waals surface area contributed by atoms with Crippen LogP contribution in [0.15, 0.2) is 85.3 Å². The van der Waals surface area contributed by atoms with Crippen molar-refractivity contribution in [1.29, 1.82) is 0 Å². The lowest BCUT2D eigenvalue weighted by Crippen LogP contribution is -1.93. The second-order valence-corrected chi connectivity index (χ2v) is 14.0. The molecule has 49 heavy (non-hydrogen) atoms. The maximum Gasteiger partial charge on any atom is 0.231 e. The molecule has 0 radical (unpaired) electrons. The molecule has 0 bridgehead atoms. The summed E-state index contributed by atoms with van der Waals surface area (Å²) in [6.45, 7) is 17.9. The molecule has 3 aromatic heterocycles. The number of H-pyrrole nitrogens is 2. The van der Waals surface area contributed by atoms with Gasteiger partial charge in [-0.15, -0.1) is 0 Å². The normalized spacial score (nSPS) is 12.7. The Balaban J connectivity index is 0.000000146. The van der Waals surface area contributed by atoms with E-state index in [-0.39, 0.29) is 7.43 Å². The SMILES string of the molecule is C.CC(C)c1ccc2[nH]ccc2c1.CC(C)c1ccc2c(c1)OCO2.CC(C)c1ccc2cn[nH]c2c1.CC(C)c1cnc2c(c1)CCC2. The van der Waals surface area contributed by atoms with Crippen molar-refractivity contribution in [2.45, 2.75) is 106 Å². The van der Waals surface area contributed by atoms with Crippen molar-refractivity contribution in [3.8, 4) is 11.5 Å². The summed E-state index contributed by atoms with van der Waals surface area (Å²) in [6.07, 6.45) is 9.59. The van der Waals surface area contributed by atoms with Crippen LogP contribution in [0.4, 0.5) is 0 Å². The largest absolute Gasteiger partial charge is 0.454 e. The number of hydrogen-bond acceptors (Lipinski definition) is 4. The van der Waals surface area contributed by atoms with Gasteiger partial charge in [0.05, 0.1) is 11.7 Å². The molecule has 1 aliphatic carbocycles. The van der Waals surface area contributed by atoms with E-state index in [9.17, 15) is 0 Å². The molecule has 0 saturated carbocycles. The Hall–Kier alpha value is -4.58. The number of hydrogen-bond donors (Lipinski definition) is 2. The lowest BCUT2D eigenvalue weighted by atomic mass is 10.0. The highest BCUT2D eigenvalue weighted by Crippen LogP contribution is 2.34. The Morgan fingerprint density at radius 3 is 1.98 bits per heavy atom. The van der Waals surface area contributed by atoms with Crippen molar-refractivity contribution >= 4 is 21.8 Å². The number of rotatable bonds is 4. The molecule has 0 unspecified atom stereocenters. The zero-order chi connectivity index (χ0) is 34.2. The number of benzene rings is 3. The molecule has 0 spiro atoms. The van der Waals surface area contributed by atoms with Crippen molar-refractivity contribution in [3.63, 3.8) is 0 Å². The average Bonchev–Trinajstić information content (AvgIpc) is 3.91. The fraction of sp³-hybridized carbons (Fsp3) is 0.395. The molecule has 0 fully saturated rings. The van der Waals surface area contributed by atoms with E-state index in [2.05, 4.69) is 130 Å². The lowest BCUT2D eigenvalue weighted by Gasteiger charge is -2.06. The van der Waals surface area contributed by atoms with E-state index < -0.39 is 0 Å². The number of aryl methyl sites for hydroxylation is 2. The average molecular weight is 661 g/mol.